The van der Waals surface area contributed by atoms with Crippen LogP contribution in [-0.4, -0.2) is 41.8 Å². The van der Waals surface area contributed by atoms with Crippen LogP contribution in [-0.2, 0) is 4.79 Å². The Morgan fingerprint density at radius 2 is 1.91 bits per heavy atom. The van der Waals surface area contributed by atoms with E-state index < -0.39 is 11.8 Å². The summed E-state index contributed by atoms with van der Waals surface area (Å²) in [6.45, 7) is 7.11. The molecule has 0 saturated carbocycles. The molecule has 174 valence electrons. The van der Waals surface area contributed by atoms with Gasteiger partial charge in [0.15, 0.2) is 5.69 Å². The summed E-state index contributed by atoms with van der Waals surface area (Å²) in [5.74, 6) is -0.544. The minimum absolute atomic E-state index is 0.0528. The summed E-state index contributed by atoms with van der Waals surface area (Å²) in [6, 6.07) is 6.89. The van der Waals surface area contributed by atoms with Gasteiger partial charge in [0.2, 0.25) is 5.91 Å². The van der Waals surface area contributed by atoms with Crippen LogP contribution >= 0.6 is 11.5 Å². The van der Waals surface area contributed by atoms with E-state index in [-0.39, 0.29) is 28.7 Å². The third-order valence-electron chi connectivity index (χ3n) is 4.66. The van der Waals surface area contributed by atoms with Crippen LogP contribution in [0.3, 0.4) is 0 Å². The molecule has 1 heterocycles. The van der Waals surface area contributed by atoms with Gasteiger partial charge in [-0.1, -0.05) is 27.2 Å². The number of rotatable bonds is 12. The number of hydrogen-bond acceptors (Lipinski definition) is 7. The monoisotopic (exact) mass is 461 g/mol. The number of nitrogens with one attached hydrogen (secondary N) is 1. The first-order chi connectivity index (χ1) is 15.2. The quantitative estimate of drug-likeness (QED) is 0.415. The summed E-state index contributed by atoms with van der Waals surface area (Å²) in [5.41, 5.74) is 11.5. The van der Waals surface area contributed by atoms with Crippen LogP contribution in [0.4, 0.5) is 11.4 Å². The standard InChI is InChI=1S/C22H31N5O4S/c1-4-5-12-31-16-8-6-15(7-9-16)27(13-17(28)25-11-10-14(2)3)22(30)20-18(23)19(21(24)29)26-32-20/h6-9,14H,4-5,10-13,23H2,1-3H3,(H2,24,29)(H,25,28). The maximum Gasteiger partial charge on any atom is 0.272 e. The number of nitrogen functional groups attached to an aromatic ring is 1. The largest absolute Gasteiger partial charge is 0.494 e. The van der Waals surface area contributed by atoms with E-state index in [9.17, 15) is 14.4 Å². The van der Waals surface area contributed by atoms with Crippen molar-refractivity contribution in [3.63, 3.8) is 0 Å². The smallest absolute Gasteiger partial charge is 0.272 e. The number of nitrogens with two attached hydrogens (primary N) is 2. The van der Waals surface area contributed by atoms with Crippen molar-refractivity contribution in [3.05, 3.63) is 34.8 Å². The van der Waals surface area contributed by atoms with Crippen LogP contribution in [0, 0.1) is 5.92 Å². The van der Waals surface area contributed by atoms with Gasteiger partial charge in [0.05, 0.1) is 12.3 Å². The average molecular weight is 462 g/mol. The first kappa shape index (κ1) is 25.1. The van der Waals surface area contributed by atoms with Gasteiger partial charge in [0, 0.05) is 12.2 Å². The zero-order chi connectivity index (χ0) is 23.7. The van der Waals surface area contributed by atoms with Crippen molar-refractivity contribution in [2.24, 2.45) is 11.7 Å². The Hall–Kier alpha value is -3.14. The Morgan fingerprint density at radius 3 is 2.47 bits per heavy atom. The zero-order valence-corrected chi connectivity index (χ0v) is 19.5. The number of aromatic nitrogens is 1. The molecular formula is C22H31N5O4S. The lowest BCUT2D eigenvalue weighted by Gasteiger charge is -2.22. The second-order valence-electron chi connectivity index (χ2n) is 7.76. The Balaban J connectivity index is 2.25. The number of carbonyl (C=O) groups is 3. The Labute approximate surface area is 192 Å². The highest BCUT2D eigenvalue weighted by Crippen LogP contribution is 2.27. The van der Waals surface area contributed by atoms with Crippen LogP contribution in [0.25, 0.3) is 0 Å². The molecule has 0 spiro atoms. The second-order valence-corrected chi connectivity index (χ2v) is 8.53. The van der Waals surface area contributed by atoms with E-state index >= 15 is 0 Å². The van der Waals surface area contributed by atoms with E-state index in [1.807, 2.05) is 0 Å². The Kier molecular flexibility index (Phi) is 9.45. The molecule has 2 aromatic rings. The lowest BCUT2D eigenvalue weighted by Crippen LogP contribution is -2.41. The van der Waals surface area contributed by atoms with Crippen molar-refractivity contribution in [3.8, 4) is 5.75 Å². The summed E-state index contributed by atoms with van der Waals surface area (Å²) in [5, 5.41) is 2.83. The van der Waals surface area contributed by atoms with Crippen molar-refractivity contribution in [2.45, 2.75) is 40.0 Å². The highest BCUT2D eigenvalue weighted by atomic mass is 32.1. The number of benzene rings is 1. The molecule has 1 aromatic heterocycles. The minimum Gasteiger partial charge on any atom is -0.494 e. The summed E-state index contributed by atoms with van der Waals surface area (Å²) in [4.78, 5) is 38.6. The topological polar surface area (TPSA) is 141 Å². The number of hydrogen-bond donors (Lipinski definition) is 3. The minimum atomic E-state index is -0.815. The summed E-state index contributed by atoms with van der Waals surface area (Å²) < 4.78 is 9.56. The zero-order valence-electron chi connectivity index (χ0n) is 18.7. The van der Waals surface area contributed by atoms with Crippen molar-refractivity contribution in [1.82, 2.24) is 9.69 Å². The molecule has 2 rings (SSSR count). The molecular weight excluding hydrogens is 430 g/mol. The summed E-state index contributed by atoms with van der Waals surface area (Å²) in [7, 11) is 0. The highest BCUT2D eigenvalue weighted by molar-refractivity contribution is 7.09. The Morgan fingerprint density at radius 1 is 1.22 bits per heavy atom. The number of unbranched alkanes of at least 4 members (excludes halogenated alkanes) is 1. The molecule has 0 unspecified atom stereocenters. The first-order valence-corrected chi connectivity index (χ1v) is 11.4. The van der Waals surface area contributed by atoms with Gasteiger partial charge in [-0.25, -0.2) is 0 Å². The van der Waals surface area contributed by atoms with Crippen LogP contribution in [0.5, 0.6) is 5.75 Å². The van der Waals surface area contributed by atoms with E-state index in [1.54, 1.807) is 24.3 Å². The number of amides is 3. The summed E-state index contributed by atoms with van der Waals surface area (Å²) >= 11 is 0.778. The van der Waals surface area contributed by atoms with Gasteiger partial charge in [0.25, 0.3) is 11.8 Å². The van der Waals surface area contributed by atoms with Crippen molar-refractivity contribution in [1.29, 1.82) is 0 Å². The SMILES string of the molecule is CCCCOc1ccc(N(CC(=O)NCCC(C)C)C(=O)c2snc(C(N)=O)c2N)cc1. The third kappa shape index (κ3) is 6.94. The second kappa shape index (κ2) is 12.0. The fourth-order valence-corrected chi connectivity index (χ4v) is 3.54. The number of carbonyl (C=O) groups excluding carboxylic acids is 3. The maximum absolute atomic E-state index is 13.3. The van der Waals surface area contributed by atoms with Gasteiger partial charge in [-0.05, 0) is 54.6 Å². The van der Waals surface area contributed by atoms with Gasteiger partial charge in [0.1, 0.15) is 17.2 Å². The van der Waals surface area contributed by atoms with Gasteiger partial charge in [-0.3, -0.25) is 19.3 Å². The molecule has 32 heavy (non-hydrogen) atoms. The molecule has 0 radical (unpaired) electrons. The van der Waals surface area contributed by atoms with Gasteiger partial charge in [-0.2, -0.15) is 4.37 Å². The average Bonchev–Trinajstić information content (AvgIpc) is 3.13. The lowest BCUT2D eigenvalue weighted by atomic mass is 10.1. The van der Waals surface area contributed by atoms with E-state index in [4.69, 9.17) is 16.2 Å². The molecule has 10 heteroatoms. The molecule has 0 bridgehead atoms. The number of ether oxygens (including phenoxy) is 1. The van der Waals surface area contributed by atoms with Crippen molar-refractivity contribution >= 4 is 40.6 Å². The number of primary amides is 1. The fourth-order valence-electron chi connectivity index (χ4n) is 2.79. The van der Waals surface area contributed by atoms with Crippen LogP contribution in [0.15, 0.2) is 24.3 Å². The van der Waals surface area contributed by atoms with Gasteiger partial charge < -0.3 is 21.5 Å². The van der Waals surface area contributed by atoms with E-state index in [0.29, 0.717) is 30.5 Å². The fraction of sp³-hybridized carbons (Fsp3) is 0.455. The number of anilines is 2. The molecule has 0 fully saturated rings. The van der Waals surface area contributed by atoms with E-state index in [0.717, 1.165) is 30.8 Å². The van der Waals surface area contributed by atoms with Gasteiger partial charge in [-0.15, -0.1) is 0 Å². The maximum atomic E-state index is 13.3. The molecule has 5 N–H and O–H groups in total. The molecule has 3 amide bonds. The van der Waals surface area contributed by atoms with Gasteiger partial charge >= 0.3 is 0 Å². The van der Waals surface area contributed by atoms with Crippen molar-refractivity contribution < 1.29 is 19.1 Å². The first-order valence-electron chi connectivity index (χ1n) is 10.6. The van der Waals surface area contributed by atoms with Crippen LogP contribution in [0.2, 0.25) is 0 Å². The van der Waals surface area contributed by atoms with E-state index in [2.05, 4.69) is 30.5 Å². The summed E-state index contributed by atoms with van der Waals surface area (Å²) in [6.07, 6.45) is 2.79. The number of nitrogens with zero attached hydrogens (tertiary/aromatic N) is 2. The highest BCUT2D eigenvalue weighted by Gasteiger charge is 2.27. The molecule has 0 atom stereocenters. The molecule has 0 aliphatic carbocycles. The predicted molar refractivity (Wildman–Crippen MR) is 126 cm³/mol. The normalized spacial score (nSPS) is 10.8. The molecule has 0 aliphatic heterocycles. The van der Waals surface area contributed by atoms with E-state index in [1.165, 1.54) is 4.90 Å². The molecule has 9 nitrogen and oxygen atoms in total. The lowest BCUT2D eigenvalue weighted by molar-refractivity contribution is -0.119. The van der Waals surface area contributed by atoms with Crippen molar-refractivity contribution in [2.75, 3.05) is 30.3 Å². The third-order valence-corrected chi connectivity index (χ3v) is 5.51. The molecule has 0 aliphatic rings. The predicted octanol–water partition coefficient (Wildman–Crippen LogP) is 2.81. The van der Waals surface area contributed by atoms with Crippen LogP contribution < -0.4 is 26.4 Å². The molecule has 1 aromatic carbocycles. The Bertz CT molecular complexity index is 927. The van der Waals surface area contributed by atoms with Crippen LogP contribution in [0.1, 0.15) is 60.2 Å². The molecule has 0 saturated heterocycles.